The van der Waals surface area contributed by atoms with Crippen molar-refractivity contribution in [2.24, 2.45) is 5.41 Å². The summed E-state index contributed by atoms with van der Waals surface area (Å²) in [4.78, 5) is 11.8. The summed E-state index contributed by atoms with van der Waals surface area (Å²) in [6.45, 7) is 3.44. The van der Waals surface area contributed by atoms with Gasteiger partial charge in [0.05, 0.1) is 18.8 Å². The van der Waals surface area contributed by atoms with Gasteiger partial charge in [0.2, 0.25) is 0 Å². The lowest BCUT2D eigenvalue weighted by Crippen LogP contribution is -2.48. The Kier molecular flexibility index (Phi) is 3.54. The highest BCUT2D eigenvalue weighted by Crippen LogP contribution is 2.29. The third-order valence-corrected chi connectivity index (χ3v) is 3.03. The second-order valence-corrected chi connectivity index (χ2v) is 5.06. The van der Waals surface area contributed by atoms with Crippen LogP contribution in [-0.4, -0.2) is 25.7 Å². The number of nitrogens with one attached hydrogen (secondary N) is 1. The molecule has 1 fully saturated rings. The van der Waals surface area contributed by atoms with Crippen molar-refractivity contribution >= 4 is 5.91 Å². The van der Waals surface area contributed by atoms with Gasteiger partial charge in [-0.25, -0.2) is 0 Å². The average Bonchev–Trinajstić information content (AvgIpc) is 2.33. The van der Waals surface area contributed by atoms with Crippen LogP contribution in [-0.2, 0) is 10.9 Å². The van der Waals surface area contributed by atoms with Gasteiger partial charge in [0.1, 0.15) is 0 Å². The molecule has 3 nitrogen and oxygen atoms in total. The quantitative estimate of drug-likeness (QED) is 0.918. The van der Waals surface area contributed by atoms with Crippen LogP contribution in [0.1, 0.15) is 22.8 Å². The predicted molar refractivity (Wildman–Crippen MR) is 62.7 cm³/mol. The van der Waals surface area contributed by atoms with Crippen LogP contribution in [0.2, 0.25) is 0 Å². The second kappa shape index (κ2) is 4.85. The lowest BCUT2D eigenvalue weighted by atomic mass is 9.88. The molecular formula is C13H14F3NO2. The van der Waals surface area contributed by atoms with Crippen molar-refractivity contribution in [2.75, 3.05) is 19.8 Å². The number of alkyl halides is 3. The van der Waals surface area contributed by atoms with E-state index < -0.39 is 17.6 Å². The highest BCUT2D eigenvalue weighted by atomic mass is 19.4. The van der Waals surface area contributed by atoms with Crippen molar-refractivity contribution < 1.29 is 22.7 Å². The lowest BCUT2D eigenvalue weighted by molar-refractivity contribution is -0.137. The van der Waals surface area contributed by atoms with E-state index in [9.17, 15) is 18.0 Å². The molecule has 0 aromatic heterocycles. The topological polar surface area (TPSA) is 38.3 Å². The molecule has 1 heterocycles. The first-order valence-electron chi connectivity index (χ1n) is 5.83. The summed E-state index contributed by atoms with van der Waals surface area (Å²) in [6.07, 6.45) is -4.44. The van der Waals surface area contributed by atoms with Crippen LogP contribution in [0, 0.1) is 5.41 Å². The van der Waals surface area contributed by atoms with E-state index in [1.807, 2.05) is 6.92 Å². The van der Waals surface area contributed by atoms with Crippen molar-refractivity contribution in [3.63, 3.8) is 0 Å². The lowest BCUT2D eigenvalue weighted by Gasteiger charge is -2.38. The fourth-order valence-corrected chi connectivity index (χ4v) is 1.79. The largest absolute Gasteiger partial charge is 0.416 e. The summed E-state index contributed by atoms with van der Waals surface area (Å²) in [7, 11) is 0. The molecule has 1 aliphatic rings. The summed E-state index contributed by atoms with van der Waals surface area (Å²) in [5.74, 6) is -0.501. The van der Waals surface area contributed by atoms with Gasteiger partial charge in [0.25, 0.3) is 5.91 Å². The van der Waals surface area contributed by atoms with Gasteiger partial charge in [-0.05, 0) is 18.2 Å². The zero-order valence-electron chi connectivity index (χ0n) is 10.4. The number of halogens is 3. The van der Waals surface area contributed by atoms with Crippen LogP contribution in [0.5, 0.6) is 0 Å². The Morgan fingerprint density at radius 3 is 2.63 bits per heavy atom. The first-order chi connectivity index (χ1) is 8.80. The zero-order valence-corrected chi connectivity index (χ0v) is 10.4. The molecule has 0 radical (unpaired) electrons. The van der Waals surface area contributed by atoms with Gasteiger partial charge < -0.3 is 10.1 Å². The van der Waals surface area contributed by atoms with Gasteiger partial charge in [0, 0.05) is 17.5 Å². The fourth-order valence-electron chi connectivity index (χ4n) is 1.79. The molecule has 0 saturated carbocycles. The molecule has 19 heavy (non-hydrogen) atoms. The molecule has 0 unspecified atom stereocenters. The Balaban J connectivity index is 2.03. The van der Waals surface area contributed by atoms with Gasteiger partial charge in [-0.15, -0.1) is 0 Å². The highest BCUT2D eigenvalue weighted by Gasteiger charge is 2.34. The van der Waals surface area contributed by atoms with E-state index in [1.165, 1.54) is 12.1 Å². The number of benzene rings is 1. The molecule has 0 atom stereocenters. The van der Waals surface area contributed by atoms with Crippen molar-refractivity contribution in [2.45, 2.75) is 13.1 Å². The Morgan fingerprint density at radius 2 is 2.11 bits per heavy atom. The van der Waals surface area contributed by atoms with Gasteiger partial charge in [0.15, 0.2) is 0 Å². The monoisotopic (exact) mass is 273 g/mol. The molecule has 1 aliphatic heterocycles. The van der Waals surface area contributed by atoms with E-state index >= 15 is 0 Å². The van der Waals surface area contributed by atoms with Crippen molar-refractivity contribution in [1.82, 2.24) is 5.32 Å². The van der Waals surface area contributed by atoms with Crippen molar-refractivity contribution in [3.8, 4) is 0 Å². The predicted octanol–water partition coefficient (Wildman–Crippen LogP) is 2.47. The van der Waals surface area contributed by atoms with Gasteiger partial charge >= 0.3 is 6.18 Å². The van der Waals surface area contributed by atoms with Crippen LogP contribution < -0.4 is 5.32 Å². The molecule has 6 heteroatoms. The third kappa shape index (κ3) is 3.26. The maximum absolute atomic E-state index is 12.5. The third-order valence-electron chi connectivity index (χ3n) is 3.03. The summed E-state index contributed by atoms with van der Waals surface area (Å²) in [5.41, 5.74) is -0.922. The minimum absolute atomic E-state index is 0.0127. The Hall–Kier alpha value is -1.56. The SMILES string of the molecule is CC1(CNC(=O)c2cccc(C(F)(F)F)c2)COC1. The Morgan fingerprint density at radius 1 is 1.42 bits per heavy atom. The van der Waals surface area contributed by atoms with E-state index in [1.54, 1.807) is 0 Å². The van der Waals surface area contributed by atoms with Gasteiger partial charge in [-0.2, -0.15) is 13.2 Å². The molecule has 1 saturated heterocycles. The molecule has 1 N–H and O–H groups in total. The van der Waals surface area contributed by atoms with Crippen molar-refractivity contribution in [1.29, 1.82) is 0 Å². The standard InChI is InChI=1S/C13H14F3NO2/c1-12(7-19-8-12)6-17-11(18)9-3-2-4-10(5-9)13(14,15)16/h2-5H,6-8H2,1H3,(H,17,18). The van der Waals surface area contributed by atoms with Crippen LogP contribution in [0.25, 0.3) is 0 Å². The first kappa shape index (κ1) is 13.9. The minimum atomic E-state index is -4.44. The summed E-state index contributed by atoms with van der Waals surface area (Å²) in [6, 6.07) is 4.39. The minimum Gasteiger partial charge on any atom is -0.380 e. The molecule has 0 bridgehead atoms. The molecule has 1 aromatic carbocycles. The molecule has 1 amide bonds. The first-order valence-corrected chi connectivity index (χ1v) is 5.83. The Bertz CT molecular complexity index is 481. The number of amides is 1. The molecule has 104 valence electrons. The molecule has 0 spiro atoms. The maximum atomic E-state index is 12.5. The number of carbonyl (C=O) groups is 1. The summed E-state index contributed by atoms with van der Waals surface area (Å²) in [5, 5.41) is 2.63. The van der Waals surface area contributed by atoms with E-state index in [-0.39, 0.29) is 11.0 Å². The van der Waals surface area contributed by atoms with E-state index in [0.29, 0.717) is 19.8 Å². The molecule has 1 aromatic rings. The number of carbonyl (C=O) groups excluding carboxylic acids is 1. The fraction of sp³-hybridized carbons (Fsp3) is 0.462. The second-order valence-electron chi connectivity index (χ2n) is 5.06. The van der Waals surface area contributed by atoms with Gasteiger partial charge in [-0.3, -0.25) is 4.79 Å². The van der Waals surface area contributed by atoms with Crippen LogP contribution >= 0.6 is 0 Å². The Labute approximate surface area is 108 Å². The van der Waals surface area contributed by atoms with E-state index in [2.05, 4.69) is 5.32 Å². The number of hydrogen-bond acceptors (Lipinski definition) is 2. The number of rotatable bonds is 3. The average molecular weight is 273 g/mol. The molecular weight excluding hydrogens is 259 g/mol. The van der Waals surface area contributed by atoms with Crippen molar-refractivity contribution in [3.05, 3.63) is 35.4 Å². The maximum Gasteiger partial charge on any atom is 0.416 e. The molecule has 0 aliphatic carbocycles. The normalized spacial score (nSPS) is 17.7. The smallest absolute Gasteiger partial charge is 0.380 e. The number of hydrogen-bond donors (Lipinski definition) is 1. The van der Waals surface area contributed by atoms with Crippen LogP contribution in [0.15, 0.2) is 24.3 Å². The summed E-state index contributed by atoms with van der Waals surface area (Å²) < 4.78 is 42.6. The summed E-state index contributed by atoms with van der Waals surface area (Å²) >= 11 is 0. The number of ether oxygens (including phenoxy) is 1. The molecule has 2 rings (SSSR count). The highest BCUT2D eigenvalue weighted by molar-refractivity contribution is 5.94. The van der Waals surface area contributed by atoms with E-state index in [0.717, 1.165) is 12.1 Å². The van der Waals surface area contributed by atoms with Crippen LogP contribution in [0.4, 0.5) is 13.2 Å². The zero-order chi connectivity index (χ0) is 14.1. The van der Waals surface area contributed by atoms with Crippen LogP contribution in [0.3, 0.4) is 0 Å². The van der Waals surface area contributed by atoms with E-state index in [4.69, 9.17) is 4.74 Å². The van der Waals surface area contributed by atoms with Gasteiger partial charge in [-0.1, -0.05) is 13.0 Å².